The maximum absolute atomic E-state index is 12.7. The minimum atomic E-state index is -0.848. The Labute approximate surface area is 130 Å². The Morgan fingerprint density at radius 2 is 1.64 bits per heavy atom. The smallest absolute Gasteiger partial charge is 0.307 e. The average molecular weight is 299 g/mol. The molecule has 4 atom stereocenters. The summed E-state index contributed by atoms with van der Waals surface area (Å²) < 4.78 is 0. The number of allylic oxidation sites excluding steroid dienone is 2. The molecule has 2 saturated carbocycles. The molecule has 4 heteroatoms. The van der Waals surface area contributed by atoms with Crippen LogP contribution < -0.4 is 5.32 Å². The molecule has 1 amide bonds. The summed E-state index contributed by atoms with van der Waals surface area (Å²) >= 11 is 0. The van der Waals surface area contributed by atoms with E-state index in [1.165, 1.54) is 11.1 Å². The maximum atomic E-state index is 12.7. The maximum Gasteiger partial charge on any atom is 0.307 e. The van der Waals surface area contributed by atoms with E-state index >= 15 is 0 Å². The zero-order valence-electron chi connectivity index (χ0n) is 12.9. The Morgan fingerprint density at radius 3 is 2.18 bits per heavy atom. The summed E-state index contributed by atoms with van der Waals surface area (Å²) in [5, 5.41) is 12.5. The first-order valence-electron chi connectivity index (χ1n) is 7.76. The number of carbonyl (C=O) groups excluding carboxylic acids is 1. The number of amides is 1. The van der Waals surface area contributed by atoms with Crippen LogP contribution >= 0.6 is 0 Å². The van der Waals surface area contributed by atoms with Crippen molar-refractivity contribution in [2.24, 2.45) is 23.7 Å². The van der Waals surface area contributed by atoms with Gasteiger partial charge in [0.05, 0.1) is 11.8 Å². The molecular formula is C18H21NO3. The Bertz CT molecular complexity index is 631. The van der Waals surface area contributed by atoms with Crippen molar-refractivity contribution in [2.45, 2.75) is 26.7 Å². The molecule has 3 rings (SSSR count). The second kappa shape index (κ2) is 5.59. The van der Waals surface area contributed by atoms with Gasteiger partial charge in [0.25, 0.3) is 0 Å². The summed E-state index contributed by atoms with van der Waals surface area (Å²) in [7, 11) is 0. The lowest BCUT2D eigenvalue weighted by molar-refractivity contribution is -0.148. The second-order valence-corrected chi connectivity index (χ2v) is 6.49. The van der Waals surface area contributed by atoms with E-state index in [0.29, 0.717) is 0 Å². The Balaban J connectivity index is 1.90. The number of rotatable bonds is 3. The van der Waals surface area contributed by atoms with Crippen LogP contribution in [0.15, 0.2) is 41.5 Å². The van der Waals surface area contributed by atoms with Gasteiger partial charge in [0.15, 0.2) is 0 Å². The van der Waals surface area contributed by atoms with Crippen LogP contribution in [0.5, 0.6) is 0 Å². The number of carboxylic acids is 1. The van der Waals surface area contributed by atoms with E-state index < -0.39 is 17.8 Å². The monoisotopic (exact) mass is 299 g/mol. The van der Waals surface area contributed by atoms with Gasteiger partial charge in [0, 0.05) is 5.69 Å². The van der Waals surface area contributed by atoms with Crippen LogP contribution in [0, 0.1) is 23.7 Å². The van der Waals surface area contributed by atoms with Crippen molar-refractivity contribution in [2.75, 3.05) is 5.32 Å². The van der Waals surface area contributed by atoms with Crippen molar-refractivity contribution >= 4 is 17.6 Å². The van der Waals surface area contributed by atoms with E-state index in [2.05, 4.69) is 5.32 Å². The lowest BCUT2D eigenvalue weighted by Crippen LogP contribution is -2.37. The van der Waals surface area contributed by atoms with Gasteiger partial charge in [-0.1, -0.05) is 29.3 Å². The molecule has 2 aliphatic rings. The Morgan fingerprint density at radius 1 is 1.05 bits per heavy atom. The highest BCUT2D eigenvalue weighted by atomic mass is 16.4. The van der Waals surface area contributed by atoms with Crippen molar-refractivity contribution in [3.8, 4) is 0 Å². The van der Waals surface area contributed by atoms with Gasteiger partial charge in [0.2, 0.25) is 5.91 Å². The number of benzene rings is 1. The van der Waals surface area contributed by atoms with Gasteiger partial charge in [-0.15, -0.1) is 0 Å². The molecule has 2 aliphatic carbocycles. The normalized spacial score (nSPS) is 29.5. The highest BCUT2D eigenvalue weighted by molar-refractivity contribution is 5.96. The summed E-state index contributed by atoms with van der Waals surface area (Å²) in [6.45, 7) is 4.05. The van der Waals surface area contributed by atoms with Crippen LogP contribution in [-0.2, 0) is 9.59 Å². The van der Waals surface area contributed by atoms with Crippen molar-refractivity contribution in [3.05, 3.63) is 41.5 Å². The molecule has 0 unspecified atom stereocenters. The first kappa shape index (κ1) is 14.8. The van der Waals surface area contributed by atoms with E-state index in [4.69, 9.17) is 0 Å². The largest absolute Gasteiger partial charge is 0.481 e. The Hall–Kier alpha value is -2.10. The first-order chi connectivity index (χ1) is 10.5. The van der Waals surface area contributed by atoms with Gasteiger partial charge in [-0.05, 0) is 50.7 Å². The van der Waals surface area contributed by atoms with Crippen LogP contribution in [-0.4, -0.2) is 17.0 Å². The zero-order chi connectivity index (χ0) is 15.9. The first-order valence-corrected chi connectivity index (χ1v) is 7.76. The number of hydrogen-bond donors (Lipinski definition) is 2. The van der Waals surface area contributed by atoms with Crippen LogP contribution in [0.4, 0.5) is 5.69 Å². The fourth-order valence-electron chi connectivity index (χ4n) is 4.35. The lowest BCUT2D eigenvalue weighted by Gasteiger charge is -2.26. The third-order valence-electron chi connectivity index (χ3n) is 5.05. The Kier molecular flexibility index (Phi) is 3.77. The number of carbonyl (C=O) groups is 2. The van der Waals surface area contributed by atoms with Gasteiger partial charge in [-0.2, -0.15) is 0 Å². The average Bonchev–Trinajstić information content (AvgIpc) is 3.03. The highest BCUT2D eigenvalue weighted by Gasteiger charge is 2.57. The van der Waals surface area contributed by atoms with Gasteiger partial charge < -0.3 is 10.4 Å². The number of anilines is 1. The molecule has 0 saturated heterocycles. The molecular weight excluding hydrogens is 278 g/mol. The van der Waals surface area contributed by atoms with E-state index in [0.717, 1.165) is 18.5 Å². The minimum Gasteiger partial charge on any atom is -0.481 e. The fourth-order valence-corrected chi connectivity index (χ4v) is 4.35. The topological polar surface area (TPSA) is 66.4 Å². The molecule has 2 bridgehead atoms. The van der Waals surface area contributed by atoms with E-state index in [9.17, 15) is 14.7 Å². The van der Waals surface area contributed by atoms with Crippen LogP contribution in [0.25, 0.3) is 0 Å². The third kappa shape index (κ3) is 2.32. The molecule has 0 aliphatic heterocycles. The van der Waals surface area contributed by atoms with Crippen molar-refractivity contribution < 1.29 is 14.7 Å². The summed E-state index contributed by atoms with van der Waals surface area (Å²) in [5.74, 6) is -1.95. The van der Waals surface area contributed by atoms with Gasteiger partial charge in [0.1, 0.15) is 0 Å². The summed E-state index contributed by atoms with van der Waals surface area (Å²) in [6, 6.07) is 9.24. The number of aliphatic carboxylic acids is 1. The standard InChI is InChI=1S/C18H21NO3/c1-10(2)14-12-8-9-13(14)16(18(21)22)15(12)17(20)19-11-6-4-3-5-7-11/h3-7,12-13,15-16H,8-9H2,1-2H3,(H,19,20)(H,21,22)/t12-,13-,15-,16+/m1/s1. The van der Waals surface area contributed by atoms with Crippen LogP contribution in [0.1, 0.15) is 26.7 Å². The molecule has 0 aromatic heterocycles. The second-order valence-electron chi connectivity index (χ2n) is 6.49. The molecule has 1 aromatic carbocycles. The van der Waals surface area contributed by atoms with Crippen molar-refractivity contribution in [1.82, 2.24) is 0 Å². The molecule has 0 heterocycles. The molecule has 2 fully saturated rings. The zero-order valence-corrected chi connectivity index (χ0v) is 12.9. The van der Waals surface area contributed by atoms with E-state index in [1.807, 2.05) is 44.2 Å². The molecule has 1 aromatic rings. The number of para-hydroxylation sites is 1. The molecule has 116 valence electrons. The number of carboxylic acid groups (broad SMARTS) is 1. The quantitative estimate of drug-likeness (QED) is 0.841. The van der Waals surface area contributed by atoms with E-state index in [-0.39, 0.29) is 17.7 Å². The number of hydrogen-bond acceptors (Lipinski definition) is 2. The third-order valence-corrected chi connectivity index (χ3v) is 5.05. The molecule has 22 heavy (non-hydrogen) atoms. The number of nitrogens with one attached hydrogen (secondary N) is 1. The summed E-state index contributed by atoms with van der Waals surface area (Å²) in [6.07, 6.45) is 1.80. The SMILES string of the molecule is CC(C)=C1[C@H]2CC[C@H]1[C@@H](C(=O)Nc1ccccc1)[C@H]2C(=O)O. The van der Waals surface area contributed by atoms with Crippen LogP contribution in [0.3, 0.4) is 0 Å². The predicted molar refractivity (Wildman–Crippen MR) is 84.3 cm³/mol. The summed E-state index contributed by atoms with van der Waals surface area (Å²) in [5.41, 5.74) is 3.10. The van der Waals surface area contributed by atoms with Gasteiger partial charge in [-0.25, -0.2) is 0 Å². The van der Waals surface area contributed by atoms with Gasteiger partial charge >= 0.3 is 5.97 Å². The van der Waals surface area contributed by atoms with E-state index in [1.54, 1.807) is 0 Å². The van der Waals surface area contributed by atoms with Crippen LogP contribution in [0.2, 0.25) is 0 Å². The summed E-state index contributed by atoms with van der Waals surface area (Å²) in [4.78, 5) is 24.4. The minimum absolute atomic E-state index is 0.0269. The van der Waals surface area contributed by atoms with Crippen molar-refractivity contribution in [1.29, 1.82) is 0 Å². The number of fused-ring (bicyclic) bond motifs is 2. The molecule has 2 N–H and O–H groups in total. The highest BCUT2D eigenvalue weighted by Crippen LogP contribution is 2.57. The molecule has 4 nitrogen and oxygen atoms in total. The van der Waals surface area contributed by atoms with Crippen molar-refractivity contribution in [3.63, 3.8) is 0 Å². The van der Waals surface area contributed by atoms with Gasteiger partial charge in [-0.3, -0.25) is 9.59 Å². The fraction of sp³-hybridized carbons (Fsp3) is 0.444. The molecule has 0 radical (unpaired) electrons. The lowest BCUT2D eigenvalue weighted by atomic mass is 9.78. The predicted octanol–water partition coefficient (Wildman–Crippen LogP) is 3.32. The molecule has 0 spiro atoms.